The van der Waals surface area contributed by atoms with Crippen LogP contribution in [0.2, 0.25) is 0 Å². The minimum absolute atomic E-state index is 0.0631. The van der Waals surface area contributed by atoms with E-state index >= 15 is 0 Å². The fourth-order valence-corrected chi connectivity index (χ4v) is 3.23. The largest absolute Gasteiger partial charge is 0.311 e. The van der Waals surface area contributed by atoms with Crippen LogP contribution in [0.3, 0.4) is 0 Å². The predicted molar refractivity (Wildman–Crippen MR) is 90.8 cm³/mol. The van der Waals surface area contributed by atoms with Crippen LogP contribution in [0.1, 0.15) is 12.5 Å². The Morgan fingerprint density at radius 2 is 1.88 bits per heavy atom. The van der Waals surface area contributed by atoms with Gasteiger partial charge in [0.15, 0.2) is 0 Å². The highest BCUT2D eigenvalue weighted by molar-refractivity contribution is 7.89. The Hall–Kier alpha value is -2.69. The van der Waals surface area contributed by atoms with Crippen LogP contribution < -0.4 is 9.62 Å². The summed E-state index contributed by atoms with van der Waals surface area (Å²) in [6, 6.07) is 16.6. The topological polar surface area (TPSA) is 90.3 Å². The van der Waals surface area contributed by atoms with Crippen LogP contribution in [-0.2, 0) is 14.8 Å². The van der Waals surface area contributed by atoms with E-state index in [0.29, 0.717) is 11.3 Å². The maximum absolute atomic E-state index is 12.2. The first kappa shape index (κ1) is 17.7. The van der Waals surface area contributed by atoms with Gasteiger partial charge in [0.05, 0.1) is 16.5 Å². The Morgan fingerprint density at radius 1 is 1.17 bits per heavy atom. The molecule has 2 aromatic rings. The Labute approximate surface area is 141 Å². The summed E-state index contributed by atoms with van der Waals surface area (Å²) in [5.74, 6) is -0.232. The zero-order chi connectivity index (χ0) is 17.6. The fourth-order valence-electron chi connectivity index (χ4n) is 2.19. The number of nitrogens with one attached hydrogen (secondary N) is 1. The highest BCUT2D eigenvalue weighted by Crippen LogP contribution is 2.16. The third-order valence-corrected chi connectivity index (χ3v) is 4.82. The molecular weight excluding hydrogens is 326 g/mol. The smallest absolute Gasteiger partial charge is 0.240 e. The van der Waals surface area contributed by atoms with Crippen LogP contribution in [0.4, 0.5) is 5.69 Å². The average Bonchev–Trinajstić information content (AvgIpc) is 2.59. The molecule has 1 N–H and O–H groups in total. The van der Waals surface area contributed by atoms with E-state index in [1.165, 1.54) is 24.0 Å². The van der Waals surface area contributed by atoms with E-state index in [2.05, 4.69) is 4.72 Å². The number of benzene rings is 2. The summed E-state index contributed by atoms with van der Waals surface area (Å²) in [5, 5.41) is 8.95. The molecule has 0 unspecified atom stereocenters. The van der Waals surface area contributed by atoms with Gasteiger partial charge in [-0.25, -0.2) is 13.1 Å². The zero-order valence-electron chi connectivity index (χ0n) is 13.1. The highest BCUT2D eigenvalue weighted by Gasteiger charge is 2.16. The molecule has 2 rings (SSSR count). The number of sulfonamides is 1. The first-order valence-electron chi connectivity index (χ1n) is 7.27. The van der Waals surface area contributed by atoms with Crippen LogP contribution in [0.15, 0.2) is 59.5 Å². The molecule has 6 nitrogen and oxygen atoms in total. The first-order chi connectivity index (χ1) is 11.4. The van der Waals surface area contributed by atoms with Crippen molar-refractivity contribution < 1.29 is 13.2 Å². The highest BCUT2D eigenvalue weighted by atomic mass is 32.2. The van der Waals surface area contributed by atoms with E-state index < -0.39 is 10.0 Å². The molecule has 2 aromatic carbocycles. The van der Waals surface area contributed by atoms with Gasteiger partial charge in [0.25, 0.3) is 0 Å². The minimum atomic E-state index is -3.62. The average molecular weight is 343 g/mol. The summed E-state index contributed by atoms with van der Waals surface area (Å²) in [6.07, 6.45) is 0. The van der Waals surface area contributed by atoms with Crippen molar-refractivity contribution in [2.75, 3.05) is 18.0 Å². The Morgan fingerprint density at radius 3 is 2.50 bits per heavy atom. The molecule has 0 aromatic heterocycles. The van der Waals surface area contributed by atoms with Crippen LogP contribution in [0.25, 0.3) is 0 Å². The summed E-state index contributed by atoms with van der Waals surface area (Å²) in [6.45, 7) is 1.62. The van der Waals surface area contributed by atoms with Gasteiger partial charge in [0.1, 0.15) is 0 Å². The molecule has 0 aliphatic carbocycles. The number of nitriles is 1. The lowest BCUT2D eigenvalue weighted by Gasteiger charge is -2.21. The molecule has 0 aliphatic heterocycles. The molecule has 0 heterocycles. The molecule has 0 saturated heterocycles. The fraction of sp³-hybridized carbons (Fsp3) is 0.176. The molecule has 1 amide bonds. The molecule has 0 fully saturated rings. The number of hydrogen-bond acceptors (Lipinski definition) is 4. The van der Waals surface area contributed by atoms with Crippen molar-refractivity contribution in [1.29, 1.82) is 5.26 Å². The standard InChI is InChI=1S/C17H17N3O3S/c1-14(21)20(16-7-5-6-15(12-16)13-18)11-10-19-24(22,23)17-8-3-2-4-9-17/h2-9,12,19H,10-11H2,1H3. The molecule has 124 valence electrons. The van der Waals surface area contributed by atoms with Crippen molar-refractivity contribution in [1.82, 2.24) is 4.72 Å². The zero-order valence-corrected chi connectivity index (χ0v) is 14.0. The quantitative estimate of drug-likeness (QED) is 0.867. The normalized spacial score (nSPS) is 10.8. The van der Waals surface area contributed by atoms with Gasteiger partial charge in [-0.05, 0) is 30.3 Å². The molecule has 0 bridgehead atoms. The second-order valence-corrected chi connectivity index (χ2v) is 6.81. The van der Waals surface area contributed by atoms with Crippen molar-refractivity contribution in [3.8, 4) is 6.07 Å². The monoisotopic (exact) mass is 343 g/mol. The minimum Gasteiger partial charge on any atom is -0.311 e. The van der Waals surface area contributed by atoms with Crippen LogP contribution in [-0.4, -0.2) is 27.4 Å². The lowest BCUT2D eigenvalue weighted by molar-refractivity contribution is -0.116. The van der Waals surface area contributed by atoms with E-state index in [1.807, 2.05) is 6.07 Å². The van der Waals surface area contributed by atoms with E-state index in [0.717, 1.165) is 0 Å². The molecule has 7 heteroatoms. The van der Waals surface area contributed by atoms with Gasteiger partial charge < -0.3 is 4.90 Å². The van der Waals surface area contributed by atoms with Crippen molar-refractivity contribution in [3.05, 3.63) is 60.2 Å². The number of nitrogens with zero attached hydrogens (tertiary/aromatic N) is 2. The third-order valence-electron chi connectivity index (χ3n) is 3.35. The molecular formula is C17H17N3O3S. The third kappa shape index (κ3) is 4.41. The molecule has 0 spiro atoms. The number of amides is 1. The summed E-state index contributed by atoms with van der Waals surface area (Å²) in [5.41, 5.74) is 0.990. The van der Waals surface area contributed by atoms with Crippen molar-refractivity contribution in [3.63, 3.8) is 0 Å². The van der Waals surface area contributed by atoms with Crippen LogP contribution in [0, 0.1) is 11.3 Å². The van der Waals surface area contributed by atoms with E-state index in [-0.39, 0.29) is 23.9 Å². The van der Waals surface area contributed by atoms with Gasteiger partial charge in [-0.1, -0.05) is 24.3 Å². The van der Waals surface area contributed by atoms with Gasteiger partial charge >= 0.3 is 0 Å². The number of carbonyl (C=O) groups excluding carboxylic acids is 1. The van der Waals surface area contributed by atoms with Crippen molar-refractivity contribution >= 4 is 21.6 Å². The van der Waals surface area contributed by atoms with Crippen molar-refractivity contribution in [2.45, 2.75) is 11.8 Å². The number of anilines is 1. The van der Waals surface area contributed by atoms with E-state index in [9.17, 15) is 13.2 Å². The summed E-state index contributed by atoms with van der Waals surface area (Å²) in [7, 11) is -3.62. The Balaban J connectivity index is 2.07. The molecule has 0 aliphatic rings. The van der Waals surface area contributed by atoms with Gasteiger partial charge in [-0.2, -0.15) is 5.26 Å². The molecule has 0 atom stereocenters. The number of carbonyl (C=O) groups is 1. The van der Waals surface area contributed by atoms with Crippen LogP contribution in [0.5, 0.6) is 0 Å². The van der Waals surface area contributed by atoms with Gasteiger partial charge in [-0.15, -0.1) is 0 Å². The molecule has 0 saturated carbocycles. The Bertz CT molecular complexity index is 858. The maximum Gasteiger partial charge on any atom is 0.240 e. The molecule has 24 heavy (non-hydrogen) atoms. The lowest BCUT2D eigenvalue weighted by atomic mass is 10.2. The predicted octanol–water partition coefficient (Wildman–Crippen LogP) is 1.89. The summed E-state index contributed by atoms with van der Waals surface area (Å²) in [4.78, 5) is 13.4. The van der Waals surface area contributed by atoms with Crippen molar-refractivity contribution in [2.24, 2.45) is 0 Å². The van der Waals surface area contributed by atoms with Gasteiger partial charge in [0.2, 0.25) is 15.9 Å². The van der Waals surface area contributed by atoms with Gasteiger partial charge in [0, 0.05) is 25.7 Å². The summed E-state index contributed by atoms with van der Waals surface area (Å²) >= 11 is 0. The van der Waals surface area contributed by atoms with E-state index in [4.69, 9.17) is 5.26 Å². The number of rotatable bonds is 6. The lowest BCUT2D eigenvalue weighted by Crippen LogP contribution is -2.37. The second-order valence-electron chi connectivity index (χ2n) is 5.04. The SMILES string of the molecule is CC(=O)N(CCNS(=O)(=O)c1ccccc1)c1cccc(C#N)c1. The number of hydrogen-bond donors (Lipinski definition) is 1. The second kappa shape index (κ2) is 7.73. The first-order valence-corrected chi connectivity index (χ1v) is 8.75. The van der Waals surface area contributed by atoms with Crippen LogP contribution >= 0.6 is 0 Å². The Kier molecular flexibility index (Phi) is 5.68. The maximum atomic E-state index is 12.2. The van der Waals surface area contributed by atoms with Gasteiger partial charge in [-0.3, -0.25) is 4.79 Å². The van der Waals surface area contributed by atoms with E-state index in [1.54, 1.807) is 42.5 Å². The molecule has 0 radical (unpaired) electrons. The summed E-state index contributed by atoms with van der Waals surface area (Å²) < 4.78 is 26.8.